The number of hydrogen-bond acceptors (Lipinski definition) is 13. The maximum absolute atomic E-state index is 14.7. The van der Waals surface area contributed by atoms with Crippen LogP contribution in [0.15, 0.2) is 67.1 Å². The number of imide groups is 1. The van der Waals surface area contributed by atoms with E-state index in [0.717, 1.165) is 69.8 Å². The third kappa shape index (κ3) is 7.26. The lowest BCUT2D eigenvalue weighted by Crippen LogP contribution is -2.69. The first kappa shape index (κ1) is 37.4. The van der Waals surface area contributed by atoms with Crippen molar-refractivity contribution in [1.82, 2.24) is 45.2 Å². The van der Waals surface area contributed by atoms with Crippen LogP contribution >= 0.6 is 0 Å². The fourth-order valence-corrected chi connectivity index (χ4v) is 8.38. The van der Waals surface area contributed by atoms with Crippen molar-refractivity contribution in [3.8, 4) is 28.5 Å². The smallest absolute Gasteiger partial charge is 0.270 e. The first-order chi connectivity index (χ1) is 28.2. The maximum atomic E-state index is 14.7. The molecule has 300 valence electrons. The fraction of sp³-hybridized carbons (Fsp3) is 0.390. The molecule has 2 unspecified atom stereocenters. The van der Waals surface area contributed by atoms with Gasteiger partial charge in [-0.15, -0.1) is 0 Å². The van der Waals surface area contributed by atoms with Crippen molar-refractivity contribution in [2.24, 2.45) is 0 Å². The Morgan fingerprint density at radius 1 is 0.897 bits per heavy atom. The van der Waals surface area contributed by atoms with Gasteiger partial charge < -0.3 is 25.4 Å². The third-order valence-corrected chi connectivity index (χ3v) is 11.8. The molecule has 3 amide bonds. The maximum Gasteiger partial charge on any atom is 0.270 e. The number of carbonyl (C=O) groups excluding carboxylic acids is 3. The molecule has 4 fully saturated rings. The first-order valence-corrected chi connectivity index (χ1v) is 19.7. The summed E-state index contributed by atoms with van der Waals surface area (Å²) < 4.78 is 27.7. The lowest BCUT2D eigenvalue weighted by molar-refractivity contribution is -0.134. The quantitative estimate of drug-likeness (QED) is 0.175. The van der Waals surface area contributed by atoms with Crippen molar-refractivity contribution in [3.63, 3.8) is 0 Å². The molecule has 0 saturated carbocycles. The lowest BCUT2D eigenvalue weighted by atomic mass is 9.98. The highest BCUT2D eigenvalue weighted by molar-refractivity contribution is 6.03. The summed E-state index contributed by atoms with van der Waals surface area (Å²) in [5.74, 6) is -0.793. The van der Waals surface area contributed by atoms with Crippen molar-refractivity contribution >= 4 is 40.3 Å². The SMILES string of the molecule is COc1cccc(Oc2ccc(-c3nn(C4CCCN(C5CN(C6CN(c7ccc(C(=O)NC8CCC(=O)NC8=O)nc7)C6)C5)CC4)c4ncnc(N)c34)cc2)c1F. The highest BCUT2D eigenvalue weighted by Gasteiger charge is 2.41. The van der Waals surface area contributed by atoms with Crippen LogP contribution < -0.4 is 30.7 Å². The molecule has 0 spiro atoms. The number of anilines is 2. The normalized spacial score (nSPS) is 20.9. The molecular formula is C41H44FN11O5. The summed E-state index contributed by atoms with van der Waals surface area (Å²) in [4.78, 5) is 56.8. The zero-order valence-electron chi connectivity index (χ0n) is 32.0. The van der Waals surface area contributed by atoms with Gasteiger partial charge in [-0.1, -0.05) is 6.07 Å². The van der Waals surface area contributed by atoms with Gasteiger partial charge in [-0.25, -0.2) is 19.6 Å². The van der Waals surface area contributed by atoms with E-state index in [1.54, 1.807) is 42.6 Å². The van der Waals surface area contributed by atoms with Gasteiger partial charge in [0, 0.05) is 56.8 Å². The number of benzene rings is 2. The van der Waals surface area contributed by atoms with Crippen molar-refractivity contribution in [2.45, 2.75) is 56.3 Å². The molecule has 0 aliphatic carbocycles. The number of amides is 3. The van der Waals surface area contributed by atoms with Crippen LogP contribution in [-0.4, -0.2) is 117 Å². The van der Waals surface area contributed by atoms with Crippen molar-refractivity contribution in [1.29, 1.82) is 0 Å². The van der Waals surface area contributed by atoms with E-state index < -0.39 is 23.7 Å². The Balaban J connectivity index is 0.782. The minimum atomic E-state index is -0.737. The number of aromatic nitrogens is 5. The Hall–Kier alpha value is -6.20. The van der Waals surface area contributed by atoms with E-state index in [4.69, 9.17) is 20.3 Å². The molecule has 0 radical (unpaired) electrons. The summed E-state index contributed by atoms with van der Waals surface area (Å²) in [6.07, 6.45) is 6.60. The number of pyridine rings is 1. The van der Waals surface area contributed by atoms with Crippen molar-refractivity contribution < 1.29 is 28.2 Å². The zero-order chi connectivity index (χ0) is 39.9. The Morgan fingerprint density at radius 2 is 1.69 bits per heavy atom. The molecule has 2 atom stereocenters. The molecule has 16 nitrogen and oxygen atoms in total. The number of piperidine rings is 1. The van der Waals surface area contributed by atoms with Crippen LogP contribution in [0.3, 0.4) is 0 Å². The van der Waals surface area contributed by atoms with E-state index in [0.29, 0.717) is 40.4 Å². The second kappa shape index (κ2) is 15.6. The number of fused-ring (bicyclic) bond motifs is 1. The van der Waals surface area contributed by atoms with Crippen LogP contribution in [0.4, 0.5) is 15.9 Å². The monoisotopic (exact) mass is 789 g/mol. The zero-order valence-corrected chi connectivity index (χ0v) is 32.0. The molecule has 17 heteroatoms. The van der Waals surface area contributed by atoms with Crippen LogP contribution in [0.5, 0.6) is 17.2 Å². The Kier molecular flexibility index (Phi) is 10.1. The third-order valence-electron chi connectivity index (χ3n) is 11.8. The summed E-state index contributed by atoms with van der Waals surface area (Å²) >= 11 is 0. The number of nitrogens with two attached hydrogens (primary N) is 1. The number of likely N-dealkylation sites (tertiary alicyclic amines) is 2. The van der Waals surface area contributed by atoms with Gasteiger partial charge >= 0.3 is 0 Å². The number of rotatable bonds is 10. The predicted molar refractivity (Wildman–Crippen MR) is 212 cm³/mol. The van der Waals surface area contributed by atoms with Crippen molar-refractivity contribution in [2.75, 3.05) is 57.0 Å². The molecule has 4 N–H and O–H groups in total. The van der Waals surface area contributed by atoms with Crippen LogP contribution in [-0.2, 0) is 9.59 Å². The van der Waals surface area contributed by atoms with Crippen LogP contribution in [0.2, 0.25) is 0 Å². The van der Waals surface area contributed by atoms with Gasteiger partial charge in [0.05, 0.1) is 30.4 Å². The number of nitrogens with one attached hydrogen (secondary N) is 2. The minimum absolute atomic E-state index is 0.0723. The van der Waals surface area contributed by atoms with E-state index >= 15 is 0 Å². The highest BCUT2D eigenvalue weighted by Crippen LogP contribution is 2.37. The molecule has 4 saturated heterocycles. The van der Waals surface area contributed by atoms with Gasteiger partial charge in [-0.3, -0.25) is 29.5 Å². The van der Waals surface area contributed by atoms with Crippen LogP contribution in [0.25, 0.3) is 22.3 Å². The number of ether oxygens (including phenoxy) is 2. The van der Waals surface area contributed by atoms with Gasteiger partial charge in [-0.2, -0.15) is 9.49 Å². The number of carbonyl (C=O) groups is 3. The van der Waals surface area contributed by atoms with E-state index in [1.165, 1.54) is 13.4 Å². The Bertz CT molecular complexity index is 2350. The van der Waals surface area contributed by atoms with Gasteiger partial charge in [0.25, 0.3) is 5.91 Å². The molecule has 9 rings (SSSR count). The molecule has 5 aromatic rings. The Labute approximate surface area is 333 Å². The second-order valence-electron chi connectivity index (χ2n) is 15.3. The van der Waals surface area contributed by atoms with Crippen LogP contribution in [0, 0.1) is 5.82 Å². The molecule has 58 heavy (non-hydrogen) atoms. The summed E-state index contributed by atoms with van der Waals surface area (Å²) in [5.41, 5.74) is 9.86. The van der Waals surface area contributed by atoms with E-state index in [1.807, 2.05) is 22.9 Å². The second-order valence-corrected chi connectivity index (χ2v) is 15.3. The molecule has 0 bridgehead atoms. The average molecular weight is 790 g/mol. The standard InChI is InChI=1S/C41H44FN11O5/c1-57-32-5-2-6-33(36(32)42)58-29-10-7-24(8-11-29)37-35-38(43)45-23-46-39(35)53(49-37)25-4-3-16-50(17-15-25)27-19-52(20-27)28-21-51(22-28)26-9-12-30(44-18-26)40(55)47-31-13-14-34(54)48-41(31)56/h2,5-12,18,23,25,27-28,31H,3-4,13-17,19-22H2,1H3,(H,47,55)(H2,43,45,46)(H,48,54,56). The summed E-state index contributed by atoms with van der Waals surface area (Å²) in [6.45, 7) is 5.84. The van der Waals surface area contributed by atoms with E-state index in [-0.39, 0.29) is 42.0 Å². The topological polar surface area (TPSA) is 186 Å². The van der Waals surface area contributed by atoms with Gasteiger partial charge in [0.15, 0.2) is 17.1 Å². The molecular weight excluding hydrogens is 746 g/mol. The largest absolute Gasteiger partial charge is 0.494 e. The molecule has 4 aliphatic heterocycles. The molecule has 4 aliphatic rings. The summed E-state index contributed by atoms with van der Waals surface area (Å²) in [6, 6.07) is 16.0. The Morgan fingerprint density at radius 3 is 2.45 bits per heavy atom. The minimum Gasteiger partial charge on any atom is -0.494 e. The number of hydrogen-bond donors (Lipinski definition) is 3. The van der Waals surface area contributed by atoms with E-state index in [9.17, 15) is 18.8 Å². The molecule has 2 aromatic carbocycles. The van der Waals surface area contributed by atoms with E-state index in [2.05, 4.69) is 40.3 Å². The van der Waals surface area contributed by atoms with Gasteiger partial charge in [0.1, 0.15) is 35.3 Å². The van der Waals surface area contributed by atoms with Gasteiger partial charge in [0.2, 0.25) is 17.6 Å². The molecule has 3 aromatic heterocycles. The summed E-state index contributed by atoms with van der Waals surface area (Å²) in [7, 11) is 1.41. The summed E-state index contributed by atoms with van der Waals surface area (Å²) in [5, 5.41) is 10.7. The number of nitrogen functional groups attached to an aromatic ring is 1. The number of halogens is 1. The number of methoxy groups -OCH3 is 1. The molecule has 7 heterocycles. The highest BCUT2D eigenvalue weighted by atomic mass is 19.1. The predicted octanol–water partition coefficient (Wildman–Crippen LogP) is 3.55. The van der Waals surface area contributed by atoms with Crippen molar-refractivity contribution in [3.05, 3.63) is 78.6 Å². The average Bonchev–Trinajstić information content (AvgIpc) is 3.43. The van der Waals surface area contributed by atoms with Gasteiger partial charge in [-0.05, 0) is 80.8 Å². The fourth-order valence-electron chi connectivity index (χ4n) is 8.38. The first-order valence-electron chi connectivity index (χ1n) is 19.7. The number of nitrogens with zero attached hydrogens (tertiary/aromatic N) is 8. The van der Waals surface area contributed by atoms with Crippen LogP contribution in [0.1, 0.15) is 48.6 Å². The lowest BCUT2D eigenvalue weighted by Gasteiger charge is -2.54.